The van der Waals surface area contributed by atoms with Crippen molar-refractivity contribution in [1.82, 2.24) is 4.98 Å². The van der Waals surface area contributed by atoms with E-state index in [-0.39, 0.29) is 6.29 Å². The molecule has 1 aliphatic rings. The fourth-order valence-corrected chi connectivity index (χ4v) is 1.45. The zero-order chi connectivity index (χ0) is 11.2. The second-order valence-corrected chi connectivity index (χ2v) is 3.65. The summed E-state index contributed by atoms with van der Waals surface area (Å²) in [6, 6.07) is 3.55. The Labute approximate surface area is 94.3 Å². The van der Waals surface area contributed by atoms with Crippen LogP contribution in [0.3, 0.4) is 0 Å². The smallest absolute Gasteiger partial charge is 0.226 e. The Kier molecular flexibility index (Phi) is 3.71. The molecule has 0 spiro atoms. The van der Waals surface area contributed by atoms with Gasteiger partial charge in [0.05, 0.1) is 12.8 Å². The monoisotopic (exact) mass is 221 g/mol. The van der Waals surface area contributed by atoms with Crippen LogP contribution in [0.1, 0.15) is 24.8 Å². The van der Waals surface area contributed by atoms with Crippen LogP contribution in [0, 0.1) is 0 Å². The fourth-order valence-electron chi connectivity index (χ4n) is 1.45. The van der Waals surface area contributed by atoms with Crippen LogP contribution in [-0.4, -0.2) is 24.1 Å². The van der Waals surface area contributed by atoms with Crippen LogP contribution < -0.4 is 5.73 Å². The largest absolute Gasteiger partial charge is 0.384 e. The van der Waals surface area contributed by atoms with Crippen LogP contribution in [0.15, 0.2) is 23.5 Å². The van der Waals surface area contributed by atoms with Crippen molar-refractivity contribution in [3.63, 3.8) is 0 Å². The predicted molar refractivity (Wildman–Crippen MR) is 60.9 cm³/mol. The van der Waals surface area contributed by atoms with E-state index in [1.165, 1.54) is 0 Å². The highest BCUT2D eigenvalue weighted by atomic mass is 16.8. The lowest BCUT2D eigenvalue weighted by atomic mass is 10.2. The van der Waals surface area contributed by atoms with E-state index in [0.29, 0.717) is 5.82 Å². The molecule has 2 rings (SSSR count). The van der Waals surface area contributed by atoms with Gasteiger partial charge in [-0.25, -0.2) is 4.98 Å². The number of oxime groups is 1. The maximum atomic E-state index is 5.47. The molecule has 0 unspecified atom stereocenters. The number of pyridine rings is 1. The van der Waals surface area contributed by atoms with Crippen LogP contribution in [0.5, 0.6) is 0 Å². The van der Waals surface area contributed by atoms with Gasteiger partial charge in [0, 0.05) is 18.2 Å². The van der Waals surface area contributed by atoms with Gasteiger partial charge >= 0.3 is 0 Å². The standard InChI is InChI=1S/C11H15N3O2/c12-10-5-4-9(7-13-10)8-14-16-11-3-1-2-6-15-11/h4-5,7-8,11H,1-3,6H2,(H2,12,13)/b14-8+/t11-/m0/s1. The van der Waals surface area contributed by atoms with Gasteiger partial charge in [-0.2, -0.15) is 0 Å². The number of nitrogen functional groups attached to an aromatic ring is 1. The maximum Gasteiger partial charge on any atom is 0.226 e. The molecule has 1 aromatic rings. The minimum absolute atomic E-state index is 0.202. The molecule has 5 nitrogen and oxygen atoms in total. The minimum atomic E-state index is -0.202. The number of ether oxygens (including phenoxy) is 1. The van der Waals surface area contributed by atoms with Crippen molar-refractivity contribution in [2.75, 3.05) is 12.3 Å². The number of hydrogen-bond donors (Lipinski definition) is 1. The van der Waals surface area contributed by atoms with Gasteiger partial charge in [-0.15, -0.1) is 0 Å². The Morgan fingerprint density at radius 1 is 1.50 bits per heavy atom. The summed E-state index contributed by atoms with van der Waals surface area (Å²) in [5.74, 6) is 0.494. The van der Waals surface area contributed by atoms with Crippen molar-refractivity contribution < 1.29 is 9.57 Å². The van der Waals surface area contributed by atoms with Gasteiger partial charge in [-0.3, -0.25) is 0 Å². The third kappa shape index (κ3) is 3.20. The van der Waals surface area contributed by atoms with E-state index < -0.39 is 0 Å². The van der Waals surface area contributed by atoms with E-state index in [9.17, 15) is 0 Å². The van der Waals surface area contributed by atoms with E-state index in [1.807, 2.05) is 6.07 Å². The van der Waals surface area contributed by atoms with E-state index in [4.69, 9.17) is 15.3 Å². The fraction of sp³-hybridized carbons (Fsp3) is 0.455. The molecule has 16 heavy (non-hydrogen) atoms. The molecular weight excluding hydrogens is 206 g/mol. The first-order valence-electron chi connectivity index (χ1n) is 5.37. The Balaban J connectivity index is 1.82. The average Bonchev–Trinajstić information content (AvgIpc) is 2.33. The van der Waals surface area contributed by atoms with Crippen LogP contribution in [0.2, 0.25) is 0 Å². The molecule has 5 heteroatoms. The minimum Gasteiger partial charge on any atom is -0.384 e. The number of hydrogen-bond acceptors (Lipinski definition) is 5. The molecule has 1 saturated heterocycles. The summed E-state index contributed by atoms with van der Waals surface area (Å²) in [6.45, 7) is 0.754. The lowest BCUT2D eigenvalue weighted by molar-refractivity contribution is -0.161. The molecule has 1 fully saturated rings. The van der Waals surface area contributed by atoms with Gasteiger partial charge in [0.15, 0.2) is 0 Å². The maximum absolute atomic E-state index is 5.47. The third-order valence-corrected chi connectivity index (χ3v) is 2.33. The molecule has 0 aromatic carbocycles. The molecule has 1 atom stereocenters. The Bertz CT molecular complexity index is 345. The van der Waals surface area contributed by atoms with E-state index in [0.717, 1.165) is 31.4 Å². The normalized spacial score (nSPS) is 21.1. The van der Waals surface area contributed by atoms with Crippen LogP contribution in [-0.2, 0) is 9.57 Å². The number of rotatable bonds is 3. The van der Waals surface area contributed by atoms with Crippen molar-refractivity contribution in [3.8, 4) is 0 Å². The average molecular weight is 221 g/mol. The van der Waals surface area contributed by atoms with Crippen molar-refractivity contribution in [2.45, 2.75) is 25.6 Å². The van der Waals surface area contributed by atoms with Gasteiger partial charge in [-0.1, -0.05) is 5.16 Å². The molecule has 1 aliphatic heterocycles. The molecule has 1 aromatic heterocycles. The summed E-state index contributed by atoms with van der Waals surface area (Å²) < 4.78 is 5.36. The van der Waals surface area contributed by atoms with Crippen molar-refractivity contribution >= 4 is 12.0 Å². The topological polar surface area (TPSA) is 69.7 Å². The molecule has 0 bridgehead atoms. The Morgan fingerprint density at radius 3 is 3.12 bits per heavy atom. The van der Waals surface area contributed by atoms with E-state index in [2.05, 4.69) is 10.1 Å². The number of nitrogens with two attached hydrogens (primary N) is 1. The number of anilines is 1. The first-order valence-corrected chi connectivity index (χ1v) is 5.37. The summed E-state index contributed by atoms with van der Waals surface area (Å²) in [4.78, 5) is 9.15. The summed E-state index contributed by atoms with van der Waals surface area (Å²) in [5, 5.41) is 3.86. The van der Waals surface area contributed by atoms with Gasteiger partial charge in [0.2, 0.25) is 6.29 Å². The molecule has 0 amide bonds. The second kappa shape index (κ2) is 5.46. The number of aromatic nitrogens is 1. The van der Waals surface area contributed by atoms with Gasteiger partial charge in [0.25, 0.3) is 0 Å². The second-order valence-electron chi connectivity index (χ2n) is 3.65. The van der Waals surface area contributed by atoms with E-state index in [1.54, 1.807) is 18.5 Å². The Morgan fingerprint density at radius 2 is 2.44 bits per heavy atom. The highest BCUT2D eigenvalue weighted by Crippen LogP contribution is 2.13. The van der Waals surface area contributed by atoms with Crippen LogP contribution in [0.25, 0.3) is 0 Å². The zero-order valence-electron chi connectivity index (χ0n) is 9.00. The van der Waals surface area contributed by atoms with Crippen molar-refractivity contribution in [3.05, 3.63) is 23.9 Å². The summed E-state index contributed by atoms with van der Waals surface area (Å²) >= 11 is 0. The Hall–Kier alpha value is -1.62. The van der Waals surface area contributed by atoms with Crippen LogP contribution >= 0.6 is 0 Å². The van der Waals surface area contributed by atoms with Crippen LogP contribution in [0.4, 0.5) is 5.82 Å². The van der Waals surface area contributed by atoms with Gasteiger partial charge in [-0.05, 0) is 25.0 Å². The van der Waals surface area contributed by atoms with Crippen molar-refractivity contribution in [2.24, 2.45) is 5.16 Å². The molecule has 0 aliphatic carbocycles. The summed E-state index contributed by atoms with van der Waals surface area (Å²) in [5.41, 5.74) is 6.32. The number of nitrogens with zero attached hydrogens (tertiary/aromatic N) is 2. The summed E-state index contributed by atoms with van der Waals surface area (Å²) in [6.07, 6.45) is 6.17. The molecule has 0 radical (unpaired) electrons. The lowest BCUT2D eigenvalue weighted by Gasteiger charge is -2.19. The summed E-state index contributed by atoms with van der Waals surface area (Å²) in [7, 11) is 0. The molecular formula is C11H15N3O2. The SMILES string of the molecule is Nc1ccc(/C=N/O[C@H]2CCCCO2)cn1. The highest BCUT2D eigenvalue weighted by Gasteiger charge is 2.13. The first kappa shape index (κ1) is 10.9. The highest BCUT2D eigenvalue weighted by molar-refractivity contribution is 5.78. The lowest BCUT2D eigenvalue weighted by Crippen LogP contribution is -2.20. The van der Waals surface area contributed by atoms with E-state index >= 15 is 0 Å². The zero-order valence-corrected chi connectivity index (χ0v) is 9.00. The van der Waals surface area contributed by atoms with Gasteiger partial charge in [0.1, 0.15) is 5.82 Å². The molecule has 0 saturated carbocycles. The van der Waals surface area contributed by atoms with Crippen molar-refractivity contribution in [1.29, 1.82) is 0 Å². The first-order chi connectivity index (χ1) is 7.84. The molecule has 86 valence electrons. The third-order valence-electron chi connectivity index (χ3n) is 2.33. The quantitative estimate of drug-likeness (QED) is 0.621. The molecule has 2 N–H and O–H groups in total. The predicted octanol–water partition coefficient (Wildman–Crippen LogP) is 1.54. The molecule has 2 heterocycles. The van der Waals surface area contributed by atoms with Gasteiger partial charge < -0.3 is 15.3 Å².